The van der Waals surface area contributed by atoms with E-state index < -0.39 is 0 Å². The van der Waals surface area contributed by atoms with Gasteiger partial charge in [0, 0.05) is 27.3 Å². The molecule has 0 radical (unpaired) electrons. The number of aryl methyl sites for hydroxylation is 1. The molecule has 0 unspecified atom stereocenters. The quantitative estimate of drug-likeness (QED) is 0.377. The molecule has 8 heteroatoms. The smallest absolute Gasteiger partial charge is 0.246 e. The van der Waals surface area contributed by atoms with Gasteiger partial charge in [0.05, 0.1) is 19.8 Å². The molecule has 0 atom stereocenters. The summed E-state index contributed by atoms with van der Waals surface area (Å²) in [5.74, 6) is 1.85. The second-order valence-corrected chi connectivity index (χ2v) is 4.05. The van der Waals surface area contributed by atoms with Gasteiger partial charge in [-0.1, -0.05) is 5.16 Å². The van der Waals surface area contributed by atoms with Crippen LogP contribution in [0.2, 0.25) is 0 Å². The summed E-state index contributed by atoms with van der Waals surface area (Å²) in [6.07, 6.45) is 0.893. The van der Waals surface area contributed by atoms with Crippen LogP contribution >= 0.6 is 0 Å². The van der Waals surface area contributed by atoms with Crippen molar-refractivity contribution in [2.75, 3.05) is 40.5 Å². The zero-order valence-electron chi connectivity index (χ0n) is 12.3. The standard InChI is InChI=1S/C12H23N5O3/c1-10-16-11(20-17-10)9-15-12(13-2)14-5-4-6-19-8-7-18-3/h4-9H2,1-3H3,(H2,13,14,15). The average Bonchev–Trinajstić information content (AvgIpc) is 2.87. The summed E-state index contributed by atoms with van der Waals surface area (Å²) < 4.78 is 15.3. The highest BCUT2D eigenvalue weighted by Gasteiger charge is 2.03. The number of hydrogen-bond acceptors (Lipinski definition) is 6. The van der Waals surface area contributed by atoms with Crippen molar-refractivity contribution in [1.29, 1.82) is 0 Å². The van der Waals surface area contributed by atoms with Crippen molar-refractivity contribution in [3.63, 3.8) is 0 Å². The van der Waals surface area contributed by atoms with Crippen molar-refractivity contribution < 1.29 is 14.0 Å². The van der Waals surface area contributed by atoms with Gasteiger partial charge in [-0.05, 0) is 13.3 Å². The molecular weight excluding hydrogens is 262 g/mol. The van der Waals surface area contributed by atoms with E-state index in [4.69, 9.17) is 14.0 Å². The second kappa shape index (κ2) is 10.2. The molecule has 0 fully saturated rings. The number of aliphatic imine (C=N–C) groups is 1. The number of nitrogens with zero attached hydrogens (tertiary/aromatic N) is 3. The van der Waals surface area contributed by atoms with Gasteiger partial charge in [-0.2, -0.15) is 4.98 Å². The topological polar surface area (TPSA) is 93.8 Å². The van der Waals surface area contributed by atoms with Gasteiger partial charge in [0.15, 0.2) is 11.8 Å². The molecule has 0 spiro atoms. The number of hydrogen-bond donors (Lipinski definition) is 2. The Kier molecular flexibility index (Phi) is 8.32. The maximum absolute atomic E-state index is 5.36. The Morgan fingerprint density at radius 1 is 1.30 bits per heavy atom. The number of ether oxygens (including phenoxy) is 2. The molecule has 0 saturated heterocycles. The van der Waals surface area contributed by atoms with E-state index in [2.05, 4.69) is 25.8 Å². The summed E-state index contributed by atoms with van der Waals surface area (Å²) in [5.41, 5.74) is 0. The van der Waals surface area contributed by atoms with Crippen LogP contribution in [0.1, 0.15) is 18.1 Å². The molecule has 114 valence electrons. The molecule has 2 N–H and O–H groups in total. The fourth-order valence-electron chi connectivity index (χ4n) is 1.42. The first-order chi connectivity index (χ1) is 9.76. The second-order valence-electron chi connectivity index (χ2n) is 4.05. The molecular formula is C12H23N5O3. The number of guanidine groups is 1. The monoisotopic (exact) mass is 285 g/mol. The van der Waals surface area contributed by atoms with Gasteiger partial charge in [0.2, 0.25) is 5.89 Å². The number of rotatable bonds is 9. The van der Waals surface area contributed by atoms with E-state index in [0.29, 0.717) is 44.0 Å². The maximum Gasteiger partial charge on any atom is 0.246 e. The molecule has 0 bridgehead atoms. The first-order valence-corrected chi connectivity index (χ1v) is 6.56. The highest BCUT2D eigenvalue weighted by Crippen LogP contribution is 1.94. The Morgan fingerprint density at radius 3 is 2.80 bits per heavy atom. The van der Waals surface area contributed by atoms with Crippen molar-refractivity contribution in [2.45, 2.75) is 19.9 Å². The van der Waals surface area contributed by atoms with Crippen molar-refractivity contribution >= 4 is 5.96 Å². The minimum Gasteiger partial charge on any atom is -0.382 e. The van der Waals surface area contributed by atoms with Crippen LogP contribution in [0.5, 0.6) is 0 Å². The highest BCUT2D eigenvalue weighted by molar-refractivity contribution is 5.79. The maximum atomic E-state index is 5.36. The van der Waals surface area contributed by atoms with E-state index in [-0.39, 0.29) is 0 Å². The van der Waals surface area contributed by atoms with E-state index in [1.165, 1.54) is 0 Å². The first-order valence-electron chi connectivity index (χ1n) is 6.56. The van der Waals surface area contributed by atoms with E-state index >= 15 is 0 Å². The number of aromatic nitrogens is 2. The van der Waals surface area contributed by atoms with Crippen LogP contribution in [0.3, 0.4) is 0 Å². The minimum absolute atomic E-state index is 0.449. The lowest BCUT2D eigenvalue weighted by atomic mass is 10.4. The predicted molar refractivity (Wildman–Crippen MR) is 74.5 cm³/mol. The van der Waals surface area contributed by atoms with Gasteiger partial charge in [-0.25, -0.2) is 0 Å². The molecule has 0 aliphatic rings. The first kappa shape index (κ1) is 16.4. The molecule has 0 amide bonds. The molecule has 1 heterocycles. The summed E-state index contributed by atoms with van der Waals surface area (Å²) >= 11 is 0. The van der Waals surface area contributed by atoms with Crippen LogP contribution < -0.4 is 10.6 Å². The third kappa shape index (κ3) is 7.05. The summed E-state index contributed by atoms with van der Waals surface area (Å²) in [4.78, 5) is 8.20. The van der Waals surface area contributed by atoms with Crippen molar-refractivity contribution in [3.8, 4) is 0 Å². The Morgan fingerprint density at radius 2 is 2.15 bits per heavy atom. The molecule has 1 aromatic heterocycles. The third-order valence-corrected chi connectivity index (χ3v) is 2.39. The van der Waals surface area contributed by atoms with Gasteiger partial charge < -0.3 is 24.6 Å². The summed E-state index contributed by atoms with van der Waals surface area (Å²) in [7, 11) is 3.37. The van der Waals surface area contributed by atoms with Crippen LogP contribution in [0.25, 0.3) is 0 Å². The molecule has 0 aliphatic heterocycles. The molecule has 8 nitrogen and oxygen atoms in total. The van der Waals surface area contributed by atoms with E-state index in [0.717, 1.165) is 13.0 Å². The van der Waals surface area contributed by atoms with Crippen molar-refractivity contribution in [2.24, 2.45) is 4.99 Å². The minimum atomic E-state index is 0.449. The highest BCUT2D eigenvalue weighted by atomic mass is 16.5. The van der Waals surface area contributed by atoms with Gasteiger partial charge in [-0.3, -0.25) is 4.99 Å². The van der Waals surface area contributed by atoms with E-state index in [9.17, 15) is 0 Å². The fraction of sp³-hybridized carbons (Fsp3) is 0.750. The number of nitrogens with one attached hydrogen (secondary N) is 2. The van der Waals surface area contributed by atoms with Gasteiger partial charge in [-0.15, -0.1) is 0 Å². The average molecular weight is 285 g/mol. The molecule has 0 saturated carbocycles. The molecule has 0 aromatic carbocycles. The summed E-state index contributed by atoms with van der Waals surface area (Å²) in [5, 5.41) is 9.99. The molecule has 20 heavy (non-hydrogen) atoms. The van der Waals surface area contributed by atoms with Crippen molar-refractivity contribution in [3.05, 3.63) is 11.7 Å². The SMILES string of the molecule is CN=C(NCCCOCCOC)NCc1nc(C)no1. The number of methoxy groups -OCH3 is 1. The van der Waals surface area contributed by atoms with Crippen LogP contribution in [-0.4, -0.2) is 56.6 Å². The van der Waals surface area contributed by atoms with Crippen LogP contribution in [0, 0.1) is 6.92 Å². The van der Waals surface area contributed by atoms with Gasteiger partial charge in [0.25, 0.3) is 0 Å². The molecule has 1 rings (SSSR count). The predicted octanol–water partition coefficient (Wildman–Crippen LogP) is 0.0961. The molecule has 1 aromatic rings. The Hall–Kier alpha value is -1.67. The summed E-state index contributed by atoms with van der Waals surface area (Å²) in [6, 6.07) is 0. The zero-order valence-corrected chi connectivity index (χ0v) is 12.3. The normalized spacial score (nSPS) is 11.7. The third-order valence-electron chi connectivity index (χ3n) is 2.39. The lowest BCUT2D eigenvalue weighted by molar-refractivity contribution is 0.0698. The van der Waals surface area contributed by atoms with Gasteiger partial charge in [0.1, 0.15) is 0 Å². The Labute approximate surface area is 118 Å². The largest absolute Gasteiger partial charge is 0.382 e. The lowest BCUT2D eigenvalue weighted by Crippen LogP contribution is -2.37. The van der Waals surface area contributed by atoms with Crippen molar-refractivity contribution in [1.82, 2.24) is 20.8 Å². The van der Waals surface area contributed by atoms with E-state index in [1.807, 2.05) is 0 Å². The van der Waals surface area contributed by atoms with Crippen LogP contribution in [-0.2, 0) is 16.0 Å². The van der Waals surface area contributed by atoms with E-state index in [1.54, 1.807) is 21.1 Å². The van der Waals surface area contributed by atoms with Crippen LogP contribution in [0.15, 0.2) is 9.52 Å². The van der Waals surface area contributed by atoms with Gasteiger partial charge >= 0.3 is 0 Å². The Bertz CT molecular complexity index is 394. The summed E-state index contributed by atoms with van der Waals surface area (Å²) in [6.45, 7) is 4.94. The Balaban J connectivity index is 2.08. The lowest BCUT2D eigenvalue weighted by Gasteiger charge is -2.10. The van der Waals surface area contributed by atoms with Crippen LogP contribution in [0.4, 0.5) is 0 Å². The zero-order chi connectivity index (χ0) is 14.6. The molecule has 0 aliphatic carbocycles. The fourth-order valence-corrected chi connectivity index (χ4v) is 1.42.